The first-order chi connectivity index (χ1) is 13.9. The van der Waals surface area contributed by atoms with Gasteiger partial charge in [-0.05, 0) is 50.2 Å². The highest BCUT2D eigenvalue weighted by Gasteiger charge is 2.15. The number of hydrogen-bond donors (Lipinski definition) is 1. The highest BCUT2D eigenvalue weighted by molar-refractivity contribution is 9.10. The van der Waals surface area contributed by atoms with Crippen molar-refractivity contribution in [3.8, 4) is 0 Å². The SMILES string of the molecule is CCOC(=O)c1ccc2c(c1)nc(SCC(=O)Nc1ccc(Br)cc1F)n2CC. The Morgan fingerprint density at radius 1 is 1.24 bits per heavy atom. The van der Waals surface area contributed by atoms with Crippen LogP contribution in [0.2, 0.25) is 0 Å². The normalized spacial score (nSPS) is 10.9. The summed E-state index contributed by atoms with van der Waals surface area (Å²) in [5, 5.41) is 3.21. The summed E-state index contributed by atoms with van der Waals surface area (Å²) in [7, 11) is 0. The van der Waals surface area contributed by atoms with Crippen LogP contribution in [0.3, 0.4) is 0 Å². The van der Waals surface area contributed by atoms with E-state index in [-0.39, 0.29) is 17.3 Å². The number of ether oxygens (including phenoxy) is 1. The third-order valence-corrected chi connectivity index (χ3v) is 5.55. The van der Waals surface area contributed by atoms with Crippen LogP contribution in [0.1, 0.15) is 24.2 Å². The third-order valence-electron chi connectivity index (χ3n) is 4.08. The number of esters is 1. The zero-order valence-electron chi connectivity index (χ0n) is 15.9. The number of amides is 1. The van der Waals surface area contributed by atoms with Crippen molar-refractivity contribution in [2.45, 2.75) is 25.5 Å². The molecule has 1 N–H and O–H groups in total. The predicted molar refractivity (Wildman–Crippen MR) is 115 cm³/mol. The molecule has 3 rings (SSSR count). The summed E-state index contributed by atoms with van der Waals surface area (Å²) in [4.78, 5) is 28.7. The van der Waals surface area contributed by atoms with Crippen LogP contribution in [0, 0.1) is 5.82 Å². The number of benzene rings is 2. The quantitative estimate of drug-likeness (QED) is 0.386. The Morgan fingerprint density at radius 2 is 2.03 bits per heavy atom. The van der Waals surface area contributed by atoms with E-state index in [1.807, 2.05) is 17.6 Å². The highest BCUT2D eigenvalue weighted by atomic mass is 79.9. The highest BCUT2D eigenvalue weighted by Crippen LogP contribution is 2.26. The fraction of sp³-hybridized carbons (Fsp3) is 0.250. The average Bonchev–Trinajstić information content (AvgIpc) is 3.05. The molecule has 1 amide bonds. The van der Waals surface area contributed by atoms with Crippen LogP contribution in [0.5, 0.6) is 0 Å². The van der Waals surface area contributed by atoms with E-state index in [1.165, 1.54) is 23.9 Å². The lowest BCUT2D eigenvalue weighted by molar-refractivity contribution is -0.113. The van der Waals surface area contributed by atoms with Gasteiger partial charge in [-0.15, -0.1) is 0 Å². The molecular formula is C20H19BrFN3O3S. The molecule has 0 aliphatic rings. The van der Waals surface area contributed by atoms with Gasteiger partial charge in [0.1, 0.15) is 5.82 Å². The van der Waals surface area contributed by atoms with Crippen molar-refractivity contribution < 1.29 is 18.7 Å². The van der Waals surface area contributed by atoms with E-state index in [0.29, 0.717) is 33.9 Å². The summed E-state index contributed by atoms with van der Waals surface area (Å²) < 4.78 is 21.5. The summed E-state index contributed by atoms with van der Waals surface area (Å²) >= 11 is 4.43. The van der Waals surface area contributed by atoms with Crippen LogP contribution in [0.4, 0.5) is 10.1 Å². The minimum Gasteiger partial charge on any atom is -0.462 e. The second kappa shape index (κ2) is 9.41. The number of thioether (sulfide) groups is 1. The molecule has 0 fully saturated rings. The number of imidazole rings is 1. The van der Waals surface area contributed by atoms with Crippen LogP contribution in [0.25, 0.3) is 11.0 Å². The van der Waals surface area contributed by atoms with Gasteiger partial charge in [0, 0.05) is 11.0 Å². The van der Waals surface area contributed by atoms with E-state index in [4.69, 9.17) is 4.74 Å². The van der Waals surface area contributed by atoms with Crippen molar-refractivity contribution in [1.29, 1.82) is 0 Å². The molecule has 6 nitrogen and oxygen atoms in total. The summed E-state index contributed by atoms with van der Waals surface area (Å²) in [6, 6.07) is 9.65. The Bertz CT molecular complexity index is 1070. The molecule has 0 aliphatic carbocycles. The molecule has 0 aliphatic heterocycles. The van der Waals surface area contributed by atoms with E-state index in [2.05, 4.69) is 26.2 Å². The summed E-state index contributed by atoms with van der Waals surface area (Å²) in [6.07, 6.45) is 0. The molecule has 1 aromatic heterocycles. The Labute approximate surface area is 180 Å². The zero-order valence-corrected chi connectivity index (χ0v) is 18.3. The molecule has 9 heteroatoms. The first-order valence-corrected chi connectivity index (χ1v) is 10.8. The number of aromatic nitrogens is 2. The number of carbonyl (C=O) groups is 2. The van der Waals surface area contributed by atoms with Gasteiger partial charge in [0.15, 0.2) is 5.16 Å². The van der Waals surface area contributed by atoms with Crippen LogP contribution >= 0.6 is 27.7 Å². The molecule has 0 bridgehead atoms. The van der Waals surface area contributed by atoms with E-state index < -0.39 is 11.8 Å². The van der Waals surface area contributed by atoms with E-state index in [0.717, 1.165) is 5.52 Å². The summed E-state index contributed by atoms with van der Waals surface area (Å²) in [5.74, 6) is -1.17. The lowest BCUT2D eigenvalue weighted by Gasteiger charge is -2.08. The monoisotopic (exact) mass is 479 g/mol. The molecule has 1 heterocycles. The summed E-state index contributed by atoms with van der Waals surface area (Å²) in [6.45, 7) is 4.68. The molecule has 0 unspecified atom stereocenters. The van der Waals surface area contributed by atoms with Crippen LogP contribution < -0.4 is 5.32 Å². The molecular weight excluding hydrogens is 461 g/mol. The van der Waals surface area contributed by atoms with Gasteiger partial charge in [0.05, 0.1) is 34.6 Å². The molecule has 2 aromatic carbocycles. The van der Waals surface area contributed by atoms with E-state index in [1.54, 1.807) is 25.1 Å². The Kier molecular flexibility index (Phi) is 6.92. The second-order valence-corrected chi connectivity index (χ2v) is 7.88. The molecule has 3 aromatic rings. The standard InChI is InChI=1S/C20H19BrFN3O3S/c1-3-25-17-8-5-12(19(27)28-4-2)9-16(17)24-20(25)29-11-18(26)23-15-7-6-13(21)10-14(15)22/h5-10H,3-4,11H2,1-2H3,(H,23,26). The number of nitrogens with zero attached hydrogens (tertiary/aromatic N) is 2. The van der Waals surface area contributed by atoms with Crippen molar-refractivity contribution in [3.63, 3.8) is 0 Å². The van der Waals surface area contributed by atoms with Crippen molar-refractivity contribution >= 4 is 56.3 Å². The average molecular weight is 480 g/mol. The lowest BCUT2D eigenvalue weighted by Crippen LogP contribution is -2.15. The fourth-order valence-corrected chi connectivity index (χ4v) is 3.98. The van der Waals surface area contributed by atoms with Crippen LogP contribution in [0.15, 0.2) is 46.0 Å². The van der Waals surface area contributed by atoms with E-state index >= 15 is 0 Å². The Balaban J connectivity index is 1.75. The number of rotatable bonds is 7. The Morgan fingerprint density at radius 3 is 2.72 bits per heavy atom. The van der Waals surface area contributed by atoms with E-state index in [9.17, 15) is 14.0 Å². The summed E-state index contributed by atoms with van der Waals surface area (Å²) in [5.41, 5.74) is 2.07. The van der Waals surface area contributed by atoms with Crippen molar-refractivity contribution in [3.05, 3.63) is 52.3 Å². The third kappa shape index (κ3) is 4.97. The molecule has 29 heavy (non-hydrogen) atoms. The Hall–Kier alpha value is -2.39. The number of nitrogens with one attached hydrogen (secondary N) is 1. The van der Waals surface area contributed by atoms with Crippen molar-refractivity contribution in [2.24, 2.45) is 0 Å². The zero-order chi connectivity index (χ0) is 21.0. The topological polar surface area (TPSA) is 73.2 Å². The van der Waals surface area contributed by atoms with Gasteiger partial charge in [-0.2, -0.15) is 0 Å². The first-order valence-electron chi connectivity index (χ1n) is 8.98. The molecule has 0 radical (unpaired) electrons. The van der Waals surface area contributed by atoms with Crippen molar-refractivity contribution in [1.82, 2.24) is 9.55 Å². The largest absolute Gasteiger partial charge is 0.462 e. The molecule has 0 atom stereocenters. The van der Waals surface area contributed by atoms with Gasteiger partial charge in [-0.3, -0.25) is 4.79 Å². The van der Waals surface area contributed by atoms with Gasteiger partial charge in [0.2, 0.25) is 5.91 Å². The van der Waals surface area contributed by atoms with Crippen LogP contribution in [-0.4, -0.2) is 33.8 Å². The molecule has 0 saturated heterocycles. The maximum atomic E-state index is 13.9. The maximum absolute atomic E-state index is 13.9. The second-order valence-electron chi connectivity index (χ2n) is 6.02. The maximum Gasteiger partial charge on any atom is 0.338 e. The molecule has 152 valence electrons. The van der Waals surface area contributed by atoms with Gasteiger partial charge in [0.25, 0.3) is 0 Å². The minimum atomic E-state index is -0.509. The van der Waals surface area contributed by atoms with Gasteiger partial charge in [-0.25, -0.2) is 14.2 Å². The number of aryl methyl sites for hydroxylation is 1. The molecule has 0 saturated carbocycles. The number of halogens is 2. The van der Waals surface area contributed by atoms with Gasteiger partial charge >= 0.3 is 5.97 Å². The van der Waals surface area contributed by atoms with Gasteiger partial charge < -0.3 is 14.6 Å². The van der Waals surface area contributed by atoms with Crippen molar-refractivity contribution in [2.75, 3.05) is 17.7 Å². The number of anilines is 1. The molecule has 0 spiro atoms. The fourth-order valence-electron chi connectivity index (χ4n) is 2.77. The lowest BCUT2D eigenvalue weighted by atomic mass is 10.2. The minimum absolute atomic E-state index is 0.0730. The number of carbonyl (C=O) groups excluding carboxylic acids is 2. The van der Waals surface area contributed by atoms with Gasteiger partial charge in [-0.1, -0.05) is 27.7 Å². The first kappa shape index (κ1) is 21.3. The van der Waals surface area contributed by atoms with Crippen LogP contribution in [-0.2, 0) is 16.1 Å². The predicted octanol–water partition coefficient (Wildman–Crippen LogP) is 4.87. The number of fused-ring (bicyclic) bond motifs is 1. The number of hydrogen-bond acceptors (Lipinski definition) is 5. The smallest absolute Gasteiger partial charge is 0.338 e.